The van der Waals surface area contributed by atoms with Crippen molar-refractivity contribution < 1.29 is 18.7 Å². The lowest BCUT2D eigenvalue weighted by molar-refractivity contribution is -0.137. The van der Waals surface area contributed by atoms with Crippen molar-refractivity contribution in [1.29, 1.82) is 0 Å². The molecule has 0 aliphatic heterocycles. The van der Waals surface area contributed by atoms with E-state index in [9.17, 15) is 9.18 Å². The van der Waals surface area contributed by atoms with Crippen LogP contribution in [0.1, 0.15) is 64.7 Å². The summed E-state index contributed by atoms with van der Waals surface area (Å²) in [5.41, 5.74) is 4.17. The predicted octanol–water partition coefficient (Wildman–Crippen LogP) is 6.55. The number of esters is 1. The van der Waals surface area contributed by atoms with Crippen LogP contribution in [0.25, 0.3) is 11.6 Å². The first kappa shape index (κ1) is 22.7. The molecule has 0 saturated carbocycles. The topological polar surface area (TPSA) is 35.5 Å². The molecule has 1 aromatic rings. The summed E-state index contributed by atoms with van der Waals surface area (Å²) in [4.78, 5) is 11.5. The van der Waals surface area contributed by atoms with Gasteiger partial charge in [0.1, 0.15) is 11.6 Å². The second-order valence-corrected chi connectivity index (χ2v) is 7.81. The molecule has 0 aromatic heterocycles. The maximum Gasteiger partial charge on any atom is 0.330 e. The number of carbonyl (C=O) groups excluding carboxylic acids is 1. The SMILES string of the molecule is CCOC(=O)C=C(C)C=CC(F)=C(C)c1cc2c(cc1OCC)C(C)(C)CC=C2. The van der Waals surface area contributed by atoms with Crippen molar-refractivity contribution in [2.75, 3.05) is 13.2 Å². The fourth-order valence-electron chi connectivity index (χ4n) is 3.36. The van der Waals surface area contributed by atoms with Crippen LogP contribution in [0.4, 0.5) is 4.39 Å². The molecule has 0 spiro atoms. The minimum absolute atomic E-state index is 0.0134. The first-order valence-corrected chi connectivity index (χ1v) is 10.1. The van der Waals surface area contributed by atoms with E-state index in [0.717, 1.165) is 17.5 Å². The van der Waals surface area contributed by atoms with Crippen molar-refractivity contribution in [2.24, 2.45) is 0 Å². The molecule has 2 rings (SSSR count). The van der Waals surface area contributed by atoms with Crippen LogP contribution in [0.3, 0.4) is 0 Å². The molecule has 4 heteroatoms. The number of allylic oxidation sites excluding steroid dienone is 6. The Balaban J connectivity index is 2.43. The summed E-state index contributed by atoms with van der Waals surface area (Å²) in [6, 6.07) is 4.05. The highest BCUT2D eigenvalue weighted by molar-refractivity contribution is 5.83. The minimum atomic E-state index is -0.432. The maximum atomic E-state index is 14.9. The van der Waals surface area contributed by atoms with Gasteiger partial charge in [-0.05, 0) is 80.0 Å². The van der Waals surface area contributed by atoms with Gasteiger partial charge in [0, 0.05) is 11.6 Å². The summed E-state index contributed by atoms with van der Waals surface area (Å²) >= 11 is 0. The van der Waals surface area contributed by atoms with Crippen molar-refractivity contribution in [1.82, 2.24) is 0 Å². The van der Waals surface area contributed by atoms with Gasteiger partial charge in [0.15, 0.2) is 0 Å². The van der Waals surface area contributed by atoms with E-state index in [1.165, 1.54) is 17.7 Å². The summed E-state index contributed by atoms with van der Waals surface area (Å²) in [5.74, 6) is -0.116. The molecular formula is C25H31FO3. The lowest BCUT2D eigenvalue weighted by atomic mass is 9.75. The third kappa shape index (κ3) is 5.69. The summed E-state index contributed by atoms with van der Waals surface area (Å²) in [6.07, 6.45) is 9.49. The zero-order valence-electron chi connectivity index (χ0n) is 18.3. The number of carbonyl (C=O) groups is 1. The maximum absolute atomic E-state index is 14.9. The van der Waals surface area contributed by atoms with E-state index in [2.05, 4.69) is 26.0 Å². The molecule has 0 bridgehead atoms. The van der Waals surface area contributed by atoms with Crippen molar-refractivity contribution in [2.45, 2.75) is 53.4 Å². The number of benzene rings is 1. The Labute approximate surface area is 173 Å². The van der Waals surface area contributed by atoms with Crippen LogP contribution in [-0.2, 0) is 14.9 Å². The van der Waals surface area contributed by atoms with Crippen LogP contribution < -0.4 is 4.74 Å². The largest absolute Gasteiger partial charge is 0.493 e. The lowest BCUT2D eigenvalue weighted by Gasteiger charge is -2.30. The van der Waals surface area contributed by atoms with Crippen LogP contribution in [0.5, 0.6) is 5.75 Å². The van der Waals surface area contributed by atoms with Gasteiger partial charge in [-0.25, -0.2) is 9.18 Å². The molecule has 0 saturated heterocycles. The summed E-state index contributed by atoms with van der Waals surface area (Å²) in [5, 5.41) is 0. The molecule has 0 atom stereocenters. The summed E-state index contributed by atoms with van der Waals surface area (Å²) in [6.45, 7) is 12.4. The highest BCUT2D eigenvalue weighted by Crippen LogP contribution is 2.41. The van der Waals surface area contributed by atoms with Gasteiger partial charge < -0.3 is 9.47 Å². The first-order chi connectivity index (χ1) is 13.7. The van der Waals surface area contributed by atoms with E-state index in [4.69, 9.17) is 9.47 Å². The van der Waals surface area contributed by atoms with E-state index in [1.54, 1.807) is 26.8 Å². The number of fused-ring (bicyclic) bond motifs is 1. The molecule has 3 nitrogen and oxygen atoms in total. The van der Waals surface area contributed by atoms with Crippen LogP contribution in [0.15, 0.2) is 47.8 Å². The van der Waals surface area contributed by atoms with E-state index < -0.39 is 5.97 Å². The molecule has 1 aromatic carbocycles. The fraction of sp³-hybridized carbons (Fsp3) is 0.400. The Hall–Kier alpha value is -2.62. The Kier molecular flexibility index (Phi) is 7.60. The number of hydrogen-bond donors (Lipinski definition) is 0. The second-order valence-electron chi connectivity index (χ2n) is 7.81. The van der Waals surface area contributed by atoms with Gasteiger partial charge in [-0.3, -0.25) is 0 Å². The zero-order chi connectivity index (χ0) is 21.6. The molecule has 0 heterocycles. The summed E-state index contributed by atoms with van der Waals surface area (Å²) in [7, 11) is 0. The smallest absolute Gasteiger partial charge is 0.330 e. The van der Waals surface area contributed by atoms with E-state index in [1.807, 2.05) is 19.1 Å². The van der Waals surface area contributed by atoms with E-state index in [0.29, 0.717) is 30.1 Å². The molecule has 29 heavy (non-hydrogen) atoms. The van der Waals surface area contributed by atoms with Gasteiger partial charge in [-0.15, -0.1) is 0 Å². The van der Waals surface area contributed by atoms with Crippen molar-refractivity contribution in [3.63, 3.8) is 0 Å². The molecule has 0 unspecified atom stereocenters. The Morgan fingerprint density at radius 3 is 2.55 bits per heavy atom. The van der Waals surface area contributed by atoms with Crippen LogP contribution in [0.2, 0.25) is 0 Å². The molecule has 1 aliphatic rings. The third-order valence-corrected chi connectivity index (χ3v) is 4.99. The molecule has 1 aliphatic carbocycles. The Morgan fingerprint density at radius 2 is 1.90 bits per heavy atom. The number of ether oxygens (including phenoxy) is 2. The predicted molar refractivity (Wildman–Crippen MR) is 118 cm³/mol. The standard InChI is InChI=1S/C25H31FO3/c1-7-28-23-16-21-19(10-9-13-25(21,5)6)15-20(23)18(4)22(26)12-11-17(3)14-24(27)29-8-2/h9-12,14-16H,7-8,13H2,1-6H3. The van der Waals surface area contributed by atoms with Gasteiger partial charge in [0.05, 0.1) is 13.2 Å². The first-order valence-electron chi connectivity index (χ1n) is 10.1. The van der Waals surface area contributed by atoms with Crippen LogP contribution >= 0.6 is 0 Å². The van der Waals surface area contributed by atoms with Crippen molar-refractivity contribution in [3.8, 4) is 5.75 Å². The number of hydrogen-bond acceptors (Lipinski definition) is 3. The lowest BCUT2D eigenvalue weighted by Crippen LogP contribution is -2.20. The van der Waals surface area contributed by atoms with Gasteiger partial charge in [0.25, 0.3) is 0 Å². The molecule has 0 amide bonds. The molecule has 156 valence electrons. The molecule has 0 fully saturated rings. The third-order valence-electron chi connectivity index (χ3n) is 4.99. The van der Waals surface area contributed by atoms with E-state index >= 15 is 0 Å². The fourth-order valence-corrected chi connectivity index (χ4v) is 3.36. The Bertz CT molecular complexity index is 886. The second kappa shape index (κ2) is 9.73. The molecule has 0 N–H and O–H groups in total. The minimum Gasteiger partial charge on any atom is -0.493 e. The number of halogens is 1. The van der Waals surface area contributed by atoms with Gasteiger partial charge in [0.2, 0.25) is 0 Å². The summed E-state index contributed by atoms with van der Waals surface area (Å²) < 4.78 is 25.6. The average molecular weight is 399 g/mol. The zero-order valence-corrected chi connectivity index (χ0v) is 18.3. The van der Waals surface area contributed by atoms with Gasteiger partial charge in [-0.2, -0.15) is 0 Å². The van der Waals surface area contributed by atoms with E-state index in [-0.39, 0.29) is 11.2 Å². The van der Waals surface area contributed by atoms with Gasteiger partial charge >= 0.3 is 5.97 Å². The Morgan fingerprint density at radius 1 is 1.17 bits per heavy atom. The number of rotatable bonds is 7. The normalized spacial score (nSPS) is 16.4. The highest BCUT2D eigenvalue weighted by atomic mass is 19.1. The van der Waals surface area contributed by atoms with Crippen molar-refractivity contribution in [3.05, 3.63) is 64.5 Å². The average Bonchev–Trinajstić information content (AvgIpc) is 2.65. The van der Waals surface area contributed by atoms with Crippen LogP contribution in [-0.4, -0.2) is 19.2 Å². The molecule has 0 radical (unpaired) electrons. The van der Waals surface area contributed by atoms with Crippen molar-refractivity contribution >= 4 is 17.6 Å². The van der Waals surface area contributed by atoms with Gasteiger partial charge in [-0.1, -0.05) is 32.1 Å². The quantitative estimate of drug-likeness (QED) is 0.297. The molecular weight excluding hydrogens is 367 g/mol. The highest BCUT2D eigenvalue weighted by Gasteiger charge is 2.27. The van der Waals surface area contributed by atoms with Crippen LogP contribution in [0, 0.1) is 0 Å². The monoisotopic (exact) mass is 398 g/mol.